The van der Waals surface area contributed by atoms with E-state index >= 15 is 0 Å². The van der Waals surface area contributed by atoms with Crippen LogP contribution in [0.3, 0.4) is 0 Å². The zero-order chi connectivity index (χ0) is 26.8. The standard InChI is InChI=1S/C29H26N4O3S2/c1-18-10-9-15-32-26(18)31-25(30-17-23(34)21-13-7-4-8-14-21)22(27(32)35)16-24-28(36)33(29(37)38-24)19(2)20-11-5-3-6-12-20/h3-16,19,23,30,34H,17H2,1-2H3/b24-16-/t19-,23+/m0/s1. The number of hydrogen-bond donors (Lipinski definition) is 2. The van der Waals surface area contributed by atoms with E-state index in [4.69, 9.17) is 17.2 Å². The van der Waals surface area contributed by atoms with Crippen LogP contribution in [0.1, 0.15) is 41.3 Å². The smallest absolute Gasteiger partial charge is 0.267 e. The van der Waals surface area contributed by atoms with Crippen molar-refractivity contribution in [3.63, 3.8) is 0 Å². The van der Waals surface area contributed by atoms with E-state index in [2.05, 4.69) is 5.32 Å². The zero-order valence-electron chi connectivity index (χ0n) is 20.9. The summed E-state index contributed by atoms with van der Waals surface area (Å²) in [6, 6.07) is 22.3. The van der Waals surface area contributed by atoms with Gasteiger partial charge in [0, 0.05) is 12.7 Å². The number of carbonyl (C=O) groups excluding carboxylic acids is 1. The summed E-state index contributed by atoms with van der Waals surface area (Å²) in [4.78, 5) is 33.8. The minimum absolute atomic E-state index is 0.130. The van der Waals surface area contributed by atoms with Gasteiger partial charge in [-0.2, -0.15) is 0 Å². The normalized spacial score (nSPS) is 16.3. The van der Waals surface area contributed by atoms with E-state index in [1.165, 1.54) is 4.40 Å². The predicted octanol–water partition coefficient (Wildman–Crippen LogP) is 5.11. The first kappa shape index (κ1) is 25.8. The van der Waals surface area contributed by atoms with E-state index in [0.29, 0.717) is 20.7 Å². The van der Waals surface area contributed by atoms with E-state index in [-0.39, 0.29) is 29.6 Å². The van der Waals surface area contributed by atoms with Gasteiger partial charge in [0.15, 0.2) is 0 Å². The highest BCUT2D eigenvalue weighted by Crippen LogP contribution is 2.38. The molecule has 7 nitrogen and oxygen atoms in total. The van der Waals surface area contributed by atoms with Crippen molar-refractivity contribution in [3.05, 3.63) is 117 Å². The second kappa shape index (κ2) is 10.9. The minimum atomic E-state index is -0.814. The summed E-state index contributed by atoms with van der Waals surface area (Å²) in [7, 11) is 0. The number of nitrogens with zero attached hydrogens (tertiary/aromatic N) is 3. The Morgan fingerprint density at radius 1 is 1.03 bits per heavy atom. The lowest BCUT2D eigenvalue weighted by Crippen LogP contribution is -2.31. The van der Waals surface area contributed by atoms with Gasteiger partial charge in [0.1, 0.15) is 15.8 Å². The molecule has 4 aromatic rings. The van der Waals surface area contributed by atoms with Crippen molar-refractivity contribution >= 4 is 51.7 Å². The van der Waals surface area contributed by atoms with Crippen LogP contribution in [0.15, 0.2) is 88.7 Å². The number of aliphatic hydroxyl groups is 1. The van der Waals surface area contributed by atoms with Crippen LogP contribution in [0.2, 0.25) is 0 Å². The third kappa shape index (κ3) is 5.00. The molecule has 9 heteroatoms. The summed E-state index contributed by atoms with van der Waals surface area (Å²) in [5.41, 5.74) is 2.93. The molecule has 0 unspecified atom stereocenters. The first-order valence-corrected chi connectivity index (χ1v) is 13.4. The van der Waals surface area contributed by atoms with Gasteiger partial charge < -0.3 is 10.4 Å². The van der Waals surface area contributed by atoms with E-state index in [0.717, 1.165) is 28.5 Å². The molecule has 2 aromatic heterocycles. The molecule has 1 saturated heterocycles. The van der Waals surface area contributed by atoms with Crippen LogP contribution in [-0.2, 0) is 4.79 Å². The van der Waals surface area contributed by atoms with E-state index in [9.17, 15) is 14.7 Å². The number of pyridine rings is 1. The molecule has 2 atom stereocenters. The number of amides is 1. The minimum Gasteiger partial charge on any atom is -0.387 e. The fourth-order valence-electron chi connectivity index (χ4n) is 4.39. The first-order valence-electron chi connectivity index (χ1n) is 12.2. The Kier molecular flexibility index (Phi) is 7.42. The summed E-state index contributed by atoms with van der Waals surface area (Å²) in [6.07, 6.45) is 2.39. The van der Waals surface area contributed by atoms with Crippen LogP contribution in [0.25, 0.3) is 11.7 Å². The molecule has 0 aliphatic carbocycles. The fourth-order valence-corrected chi connectivity index (χ4v) is 5.79. The average Bonchev–Trinajstić information content (AvgIpc) is 3.22. The molecule has 38 heavy (non-hydrogen) atoms. The number of aromatic nitrogens is 2. The zero-order valence-corrected chi connectivity index (χ0v) is 22.5. The largest absolute Gasteiger partial charge is 0.387 e. The van der Waals surface area contributed by atoms with E-state index in [1.54, 1.807) is 23.2 Å². The molecule has 1 aliphatic rings. The molecule has 0 saturated carbocycles. The van der Waals surface area contributed by atoms with Crippen molar-refractivity contribution in [2.45, 2.75) is 26.0 Å². The van der Waals surface area contributed by atoms with Gasteiger partial charge in [-0.3, -0.25) is 18.9 Å². The summed E-state index contributed by atoms with van der Waals surface area (Å²) >= 11 is 6.73. The molecule has 192 valence electrons. The Hall–Kier alpha value is -3.79. The van der Waals surface area contributed by atoms with Crippen LogP contribution >= 0.6 is 24.0 Å². The first-order chi connectivity index (χ1) is 18.3. The van der Waals surface area contributed by atoms with Gasteiger partial charge in [-0.25, -0.2) is 4.98 Å². The molecule has 0 radical (unpaired) electrons. The summed E-state index contributed by atoms with van der Waals surface area (Å²) < 4.78 is 1.89. The Bertz CT molecular complexity index is 1600. The molecule has 1 amide bonds. The Morgan fingerprint density at radius 2 is 1.68 bits per heavy atom. The van der Waals surface area contributed by atoms with Gasteiger partial charge in [0.2, 0.25) is 0 Å². The van der Waals surface area contributed by atoms with Gasteiger partial charge in [-0.15, -0.1) is 0 Å². The maximum absolute atomic E-state index is 13.6. The van der Waals surface area contributed by atoms with Gasteiger partial charge >= 0.3 is 0 Å². The molecule has 2 aromatic carbocycles. The number of anilines is 1. The lowest BCUT2D eigenvalue weighted by atomic mass is 10.1. The molecule has 1 aliphatic heterocycles. The van der Waals surface area contributed by atoms with Crippen LogP contribution in [0.4, 0.5) is 5.82 Å². The van der Waals surface area contributed by atoms with Crippen molar-refractivity contribution in [1.82, 2.24) is 14.3 Å². The van der Waals surface area contributed by atoms with Crippen molar-refractivity contribution in [1.29, 1.82) is 0 Å². The number of fused-ring (bicyclic) bond motifs is 1. The molecular formula is C29H26N4O3S2. The predicted molar refractivity (Wildman–Crippen MR) is 156 cm³/mol. The van der Waals surface area contributed by atoms with Crippen molar-refractivity contribution in [2.75, 3.05) is 11.9 Å². The number of thiocarbonyl (C=S) groups is 1. The lowest BCUT2D eigenvalue weighted by Gasteiger charge is -2.23. The van der Waals surface area contributed by atoms with Crippen LogP contribution in [0, 0.1) is 6.92 Å². The second-order valence-corrected chi connectivity index (χ2v) is 10.7. The number of nitrogens with one attached hydrogen (secondary N) is 1. The lowest BCUT2D eigenvalue weighted by molar-refractivity contribution is -0.123. The summed E-state index contributed by atoms with van der Waals surface area (Å²) in [6.45, 7) is 3.93. The van der Waals surface area contributed by atoms with Gasteiger partial charge in [0.05, 0.1) is 22.6 Å². The number of hydrogen-bond acceptors (Lipinski definition) is 7. The van der Waals surface area contributed by atoms with Crippen molar-refractivity contribution < 1.29 is 9.90 Å². The number of rotatable bonds is 7. The number of benzene rings is 2. The highest BCUT2D eigenvalue weighted by Gasteiger charge is 2.36. The second-order valence-electron chi connectivity index (χ2n) is 9.01. The maximum atomic E-state index is 13.6. The molecular weight excluding hydrogens is 516 g/mol. The Labute approximate surface area is 229 Å². The third-order valence-corrected chi connectivity index (χ3v) is 7.83. The van der Waals surface area contributed by atoms with Gasteiger partial charge in [-0.05, 0) is 42.7 Å². The van der Waals surface area contributed by atoms with Gasteiger partial charge in [0.25, 0.3) is 11.5 Å². The van der Waals surface area contributed by atoms with Crippen molar-refractivity contribution in [2.24, 2.45) is 0 Å². The van der Waals surface area contributed by atoms with Crippen molar-refractivity contribution in [3.8, 4) is 0 Å². The summed E-state index contributed by atoms with van der Waals surface area (Å²) in [5, 5.41) is 13.8. The van der Waals surface area contributed by atoms with Crippen LogP contribution in [0.5, 0.6) is 0 Å². The van der Waals surface area contributed by atoms with Gasteiger partial charge in [-0.1, -0.05) is 90.7 Å². The number of aryl methyl sites for hydroxylation is 1. The highest BCUT2D eigenvalue weighted by atomic mass is 32.2. The van der Waals surface area contributed by atoms with Crippen LogP contribution in [-0.4, -0.2) is 36.2 Å². The van der Waals surface area contributed by atoms with Crippen LogP contribution < -0.4 is 10.9 Å². The Balaban J connectivity index is 1.53. The number of thioether (sulfide) groups is 1. The third-order valence-electron chi connectivity index (χ3n) is 6.50. The molecule has 0 bridgehead atoms. The molecule has 0 spiro atoms. The number of carbonyl (C=O) groups is 1. The molecule has 5 rings (SSSR count). The maximum Gasteiger partial charge on any atom is 0.267 e. The number of aliphatic hydroxyl groups excluding tert-OH is 1. The average molecular weight is 543 g/mol. The quantitative estimate of drug-likeness (QED) is 0.248. The monoisotopic (exact) mass is 542 g/mol. The fraction of sp³-hybridized carbons (Fsp3) is 0.172. The molecule has 2 N–H and O–H groups in total. The SMILES string of the molecule is Cc1cccn2c(=O)c(/C=C3\SC(=S)N([C@@H](C)c4ccccc4)C3=O)c(NC[C@@H](O)c3ccccc3)nc12. The topological polar surface area (TPSA) is 86.9 Å². The van der Waals surface area contributed by atoms with E-state index < -0.39 is 6.10 Å². The molecule has 1 fully saturated rings. The Morgan fingerprint density at radius 3 is 2.37 bits per heavy atom. The highest BCUT2D eigenvalue weighted by molar-refractivity contribution is 8.26. The summed E-state index contributed by atoms with van der Waals surface area (Å²) in [5.74, 6) is 0.0287. The molecule has 3 heterocycles. The van der Waals surface area contributed by atoms with E-state index in [1.807, 2.05) is 80.6 Å².